The van der Waals surface area contributed by atoms with E-state index in [9.17, 15) is 4.79 Å². The van der Waals surface area contributed by atoms with Gasteiger partial charge in [0.15, 0.2) is 0 Å². The Labute approximate surface area is 135 Å². The lowest BCUT2D eigenvalue weighted by Gasteiger charge is -2.45. The van der Waals surface area contributed by atoms with Crippen LogP contribution in [0.25, 0.3) is 0 Å². The molecule has 3 heterocycles. The van der Waals surface area contributed by atoms with Crippen LogP contribution in [0.3, 0.4) is 0 Å². The molecule has 1 aromatic heterocycles. The first kappa shape index (κ1) is 15.0. The summed E-state index contributed by atoms with van der Waals surface area (Å²) in [5.41, 5.74) is 5.27. The molecular formula is C12H14ClN3O3S2. The molecule has 2 aliphatic rings. The standard InChI is InChI=1S/C12H14ClN3O3S2/c1-16-11(14)15-12(5-19-3-2-8(12)21-16)9-6(13)4-7(20-9)10(17)18/h4,8H,2-3,5H2,1H3,(H2,14,15)(H,17,18). The van der Waals surface area contributed by atoms with E-state index in [4.69, 9.17) is 27.2 Å². The zero-order chi connectivity index (χ0) is 15.2. The molecule has 21 heavy (non-hydrogen) atoms. The molecule has 1 saturated heterocycles. The van der Waals surface area contributed by atoms with Crippen molar-refractivity contribution in [3.63, 3.8) is 0 Å². The van der Waals surface area contributed by atoms with Gasteiger partial charge in [0.2, 0.25) is 5.96 Å². The summed E-state index contributed by atoms with van der Waals surface area (Å²) in [6, 6.07) is 1.47. The highest BCUT2D eigenvalue weighted by atomic mass is 35.5. The molecule has 2 atom stereocenters. The van der Waals surface area contributed by atoms with Crippen molar-refractivity contribution in [1.29, 1.82) is 0 Å². The van der Waals surface area contributed by atoms with Crippen molar-refractivity contribution < 1.29 is 14.6 Å². The number of aromatic carboxylic acids is 1. The topological polar surface area (TPSA) is 88.1 Å². The van der Waals surface area contributed by atoms with Crippen molar-refractivity contribution in [1.82, 2.24) is 4.31 Å². The minimum atomic E-state index is -0.990. The van der Waals surface area contributed by atoms with Crippen LogP contribution < -0.4 is 5.73 Å². The van der Waals surface area contributed by atoms with Crippen LogP contribution >= 0.6 is 34.9 Å². The van der Waals surface area contributed by atoms with Crippen LogP contribution in [0.1, 0.15) is 21.0 Å². The quantitative estimate of drug-likeness (QED) is 0.795. The Balaban J connectivity index is 2.13. The monoisotopic (exact) mass is 347 g/mol. The maximum absolute atomic E-state index is 11.2. The van der Waals surface area contributed by atoms with Crippen molar-refractivity contribution >= 4 is 46.8 Å². The fraction of sp³-hybridized carbons (Fsp3) is 0.500. The van der Waals surface area contributed by atoms with E-state index in [1.807, 2.05) is 11.4 Å². The van der Waals surface area contributed by atoms with E-state index in [0.29, 0.717) is 24.2 Å². The zero-order valence-corrected chi connectivity index (χ0v) is 13.6. The van der Waals surface area contributed by atoms with Crippen molar-refractivity contribution in [2.24, 2.45) is 10.7 Å². The predicted octanol–water partition coefficient (Wildman–Crippen LogP) is 1.99. The Morgan fingerprint density at radius 1 is 1.71 bits per heavy atom. The fourth-order valence-corrected chi connectivity index (χ4v) is 5.28. The Bertz CT molecular complexity index is 621. The second-order valence-electron chi connectivity index (χ2n) is 4.92. The Morgan fingerprint density at radius 2 is 2.48 bits per heavy atom. The SMILES string of the molecule is CN1SC2CCOCC2(c2sc(C(=O)O)cc2Cl)N=C1N. The highest BCUT2D eigenvalue weighted by molar-refractivity contribution is 7.98. The van der Waals surface area contributed by atoms with Gasteiger partial charge in [-0.2, -0.15) is 0 Å². The first-order valence-electron chi connectivity index (χ1n) is 6.31. The summed E-state index contributed by atoms with van der Waals surface area (Å²) in [5.74, 6) is -0.599. The molecule has 6 nitrogen and oxygen atoms in total. The lowest BCUT2D eigenvalue weighted by Crippen LogP contribution is -2.52. The summed E-state index contributed by atoms with van der Waals surface area (Å²) in [4.78, 5) is 16.7. The maximum atomic E-state index is 11.2. The number of ether oxygens (including phenoxy) is 1. The summed E-state index contributed by atoms with van der Waals surface area (Å²) >= 11 is 9.02. The van der Waals surface area contributed by atoms with Crippen molar-refractivity contribution in [3.05, 3.63) is 20.8 Å². The maximum Gasteiger partial charge on any atom is 0.345 e. The number of thiophene rings is 1. The molecule has 0 saturated carbocycles. The number of hydrogen-bond acceptors (Lipinski definition) is 7. The van der Waals surface area contributed by atoms with Crippen LogP contribution in [-0.2, 0) is 10.3 Å². The van der Waals surface area contributed by atoms with Gasteiger partial charge in [-0.25, -0.2) is 9.79 Å². The van der Waals surface area contributed by atoms with Crippen LogP contribution in [-0.4, -0.2) is 46.9 Å². The minimum Gasteiger partial charge on any atom is -0.477 e. The van der Waals surface area contributed by atoms with Crippen molar-refractivity contribution in [2.45, 2.75) is 17.2 Å². The summed E-state index contributed by atoms with van der Waals surface area (Å²) in [6.07, 6.45) is 0.808. The number of nitrogens with two attached hydrogens (primary N) is 1. The van der Waals surface area contributed by atoms with Gasteiger partial charge in [0, 0.05) is 13.7 Å². The lowest BCUT2D eigenvalue weighted by atomic mass is 9.90. The van der Waals surface area contributed by atoms with Crippen LogP contribution in [0.5, 0.6) is 0 Å². The van der Waals surface area contributed by atoms with Gasteiger partial charge in [0.05, 0.1) is 21.8 Å². The first-order valence-corrected chi connectivity index (χ1v) is 8.34. The number of halogens is 1. The predicted molar refractivity (Wildman–Crippen MR) is 84.2 cm³/mol. The molecule has 2 unspecified atom stereocenters. The van der Waals surface area contributed by atoms with Gasteiger partial charge in [0.25, 0.3) is 0 Å². The highest BCUT2D eigenvalue weighted by Gasteiger charge is 2.50. The van der Waals surface area contributed by atoms with E-state index >= 15 is 0 Å². The van der Waals surface area contributed by atoms with Gasteiger partial charge < -0.3 is 15.6 Å². The Morgan fingerprint density at radius 3 is 3.14 bits per heavy atom. The van der Waals surface area contributed by atoms with E-state index in [2.05, 4.69) is 4.99 Å². The molecule has 3 N–H and O–H groups in total. The van der Waals surface area contributed by atoms with Gasteiger partial charge in [0.1, 0.15) is 10.4 Å². The average Bonchev–Trinajstić information content (AvgIpc) is 2.83. The van der Waals surface area contributed by atoms with E-state index in [1.165, 1.54) is 6.07 Å². The molecule has 0 spiro atoms. The van der Waals surface area contributed by atoms with Gasteiger partial charge in [-0.3, -0.25) is 4.31 Å². The number of carbonyl (C=O) groups is 1. The number of rotatable bonds is 2. The number of hydrogen-bond donors (Lipinski definition) is 2. The molecule has 9 heteroatoms. The van der Waals surface area contributed by atoms with Crippen LogP contribution in [0, 0.1) is 0 Å². The summed E-state index contributed by atoms with van der Waals surface area (Å²) in [7, 11) is 1.86. The smallest absolute Gasteiger partial charge is 0.345 e. The van der Waals surface area contributed by atoms with E-state index in [1.54, 1.807) is 11.9 Å². The van der Waals surface area contributed by atoms with Gasteiger partial charge in [-0.1, -0.05) is 11.6 Å². The van der Waals surface area contributed by atoms with Crippen molar-refractivity contribution in [3.8, 4) is 0 Å². The number of carboxylic acid groups (broad SMARTS) is 1. The summed E-state index contributed by atoms with van der Waals surface area (Å²) < 4.78 is 7.44. The summed E-state index contributed by atoms with van der Waals surface area (Å²) in [6.45, 7) is 1.01. The first-order chi connectivity index (χ1) is 9.94. The molecule has 1 fully saturated rings. The molecule has 0 radical (unpaired) electrons. The minimum absolute atomic E-state index is 0.126. The number of carboxylic acids is 1. The second kappa shape index (κ2) is 5.35. The molecule has 1 aromatic rings. The third-order valence-electron chi connectivity index (χ3n) is 3.59. The number of nitrogens with zero attached hydrogens (tertiary/aromatic N) is 2. The zero-order valence-electron chi connectivity index (χ0n) is 11.2. The van der Waals surface area contributed by atoms with E-state index < -0.39 is 11.5 Å². The molecule has 3 rings (SSSR count). The van der Waals surface area contributed by atoms with Crippen LogP contribution in [0.15, 0.2) is 11.1 Å². The largest absolute Gasteiger partial charge is 0.477 e. The third-order valence-corrected chi connectivity index (χ3v) is 6.68. The number of guanidine groups is 1. The lowest BCUT2D eigenvalue weighted by molar-refractivity contribution is 0.0418. The second-order valence-corrected chi connectivity index (χ2v) is 7.71. The van der Waals surface area contributed by atoms with Gasteiger partial charge in [-0.15, -0.1) is 11.3 Å². The molecule has 0 aromatic carbocycles. The summed E-state index contributed by atoms with van der Waals surface area (Å²) in [5, 5.41) is 9.69. The average molecular weight is 348 g/mol. The number of aliphatic imine (C=N–C) groups is 1. The third kappa shape index (κ3) is 2.40. The van der Waals surface area contributed by atoms with Crippen LogP contribution in [0.2, 0.25) is 5.02 Å². The Hall–Kier alpha value is -0.960. The normalized spacial score (nSPS) is 29.0. The Kier molecular flexibility index (Phi) is 3.81. The fourth-order valence-electron chi connectivity index (χ4n) is 2.55. The molecule has 0 aliphatic carbocycles. The highest BCUT2D eigenvalue weighted by Crippen LogP contribution is 2.49. The van der Waals surface area contributed by atoms with Gasteiger partial charge >= 0.3 is 5.97 Å². The van der Waals surface area contributed by atoms with Crippen molar-refractivity contribution in [2.75, 3.05) is 20.3 Å². The van der Waals surface area contributed by atoms with Gasteiger partial charge in [-0.05, 0) is 24.4 Å². The molecular weight excluding hydrogens is 334 g/mol. The van der Waals surface area contributed by atoms with Crippen LogP contribution in [0.4, 0.5) is 0 Å². The molecule has 2 aliphatic heterocycles. The number of fused-ring (bicyclic) bond motifs is 1. The van der Waals surface area contributed by atoms with E-state index in [0.717, 1.165) is 22.6 Å². The molecule has 0 bridgehead atoms. The molecule has 114 valence electrons. The van der Waals surface area contributed by atoms with E-state index in [-0.39, 0.29) is 10.1 Å². The molecule has 0 amide bonds.